The van der Waals surface area contributed by atoms with Gasteiger partial charge in [0.2, 0.25) is 5.91 Å². The Morgan fingerprint density at radius 2 is 1.85 bits per heavy atom. The second-order valence-corrected chi connectivity index (χ2v) is 9.49. The molecule has 0 aliphatic heterocycles. The summed E-state index contributed by atoms with van der Waals surface area (Å²) in [4.78, 5) is 41.3. The number of hydrogen-bond donors (Lipinski definition) is 2. The van der Waals surface area contributed by atoms with Crippen molar-refractivity contribution in [2.75, 3.05) is 16.4 Å². The second-order valence-electron chi connectivity index (χ2n) is 6.64. The monoisotopic (exact) mass is 496 g/mol. The predicted molar refractivity (Wildman–Crippen MR) is 132 cm³/mol. The molecule has 0 bridgehead atoms. The van der Waals surface area contributed by atoms with Gasteiger partial charge in [0.25, 0.3) is 11.6 Å². The summed E-state index contributed by atoms with van der Waals surface area (Å²) in [7, 11) is 0. The molecule has 0 aliphatic rings. The number of thioether (sulfide) groups is 1. The molecule has 0 saturated heterocycles. The highest BCUT2D eigenvalue weighted by Gasteiger charge is 2.12. The fourth-order valence-corrected chi connectivity index (χ4v) is 4.96. The van der Waals surface area contributed by atoms with Crippen molar-refractivity contribution in [3.8, 4) is 10.6 Å². The predicted octanol–water partition coefficient (Wildman–Crippen LogP) is 5.76. The van der Waals surface area contributed by atoms with Gasteiger partial charge in [-0.3, -0.25) is 19.7 Å². The third-order valence-electron chi connectivity index (χ3n) is 4.33. The summed E-state index contributed by atoms with van der Waals surface area (Å²) in [5.74, 6) is -0.383. The number of nitro groups is 1. The number of non-ortho nitro benzene ring substituents is 1. The molecule has 2 N–H and O–H groups in total. The van der Waals surface area contributed by atoms with E-state index in [4.69, 9.17) is 0 Å². The molecule has 2 amide bonds. The van der Waals surface area contributed by atoms with Crippen LogP contribution in [-0.4, -0.2) is 27.5 Å². The third-order valence-corrected chi connectivity index (χ3v) is 6.99. The minimum absolute atomic E-state index is 0.145. The zero-order valence-corrected chi connectivity index (χ0v) is 19.3. The number of nitrogens with zero attached hydrogens (tertiary/aromatic N) is 2. The molecule has 0 radical (unpaired) electrons. The van der Waals surface area contributed by atoms with Crippen LogP contribution in [0.3, 0.4) is 0 Å². The standard InChI is InChI=1S/C22H16N4O4S3/c27-20(25-22-24-18(12-33-22)19-5-2-10-31-19)13-32-17-8-6-15(7-9-17)23-21(28)14-3-1-4-16(11-14)26(29)30/h1-12H,13H2,(H,23,28)(H,24,25,27). The van der Waals surface area contributed by atoms with Crippen LogP contribution in [-0.2, 0) is 4.79 Å². The topological polar surface area (TPSA) is 114 Å². The molecule has 0 atom stereocenters. The molecule has 4 rings (SSSR count). The molecule has 0 spiro atoms. The van der Waals surface area contributed by atoms with Crippen LogP contribution in [0.2, 0.25) is 0 Å². The first kappa shape index (κ1) is 22.6. The number of amides is 2. The molecule has 0 saturated carbocycles. The van der Waals surface area contributed by atoms with Crippen LogP contribution in [0.4, 0.5) is 16.5 Å². The zero-order chi connectivity index (χ0) is 23.2. The first-order valence-corrected chi connectivity index (χ1v) is 12.3. The number of aromatic nitrogens is 1. The van der Waals surface area contributed by atoms with E-state index in [0.717, 1.165) is 15.5 Å². The summed E-state index contributed by atoms with van der Waals surface area (Å²) in [6.07, 6.45) is 0. The summed E-state index contributed by atoms with van der Waals surface area (Å²) in [5.41, 5.74) is 1.45. The zero-order valence-electron chi connectivity index (χ0n) is 16.9. The van der Waals surface area contributed by atoms with Gasteiger partial charge in [0.1, 0.15) is 0 Å². The van der Waals surface area contributed by atoms with Gasteiger partial charge in [0.05, 0.1) is 21.2 Å². The van der Waals surface area contributed by atoms with E-state index in [0.29, 0.717) is 10.8 Å². The van der Waals surface area contributed by atoms with Crippen molar-refractivity contribution in [1.82, 2.24) is 4.98 Å². The summed E-state index contributed by atoms with van der Waals surface area (Å²) in [6, 6.07) is 16.5. The Morgan fingerprint density at radius 3 is 2.58 bits per heavy atom. The lowest BCUT2D eigenvalue weighted by Crippen LogP contribution is -2.13. The van der Waals surface area contributed by atoms with Crippen LogP contribution in [0.1, 0.15) is 10.4 Å². The quantitative estimate of drug-likeness (QED) is 0.182. The largest absolute Gasteiger partial charge is 0.322 e. The van der Waals surface area contributed by atoms with Crippen LogP contribution in [0.5, 0.6) is 0 Å². The lowest BCUT2D eigenvalue weighted by atomic mass is 10.2. The minimum Gasteiger partial charge on any atom is -0.322 e. The molecule has 0 fully saturated rings. The highest BCUT2D eigenvalue weighted by Crippen LogP contribution is 2.28. The van der Waals surface area contributed by atoms with Crippen LogP contribution in [0.15, 0.2) is 76.3 Å². The van der Waals surface area contributed by atoms with Crippen molar-refractivity contribution in [3.05, 3.63) is 87.1 Å². The van der Waals surface area contributed by atoms with Gasteiger partial charge in [0, 0.05) is 33.7 Å². The average Bonchev–Trinajstić information content (AvgIpc) is 3.51. The molecule has 33 heavy (non-hydrogen) atoms. The Hall–Kier alpha value is -3.54. The lowest BCUT2D eigenvalue weighted by Gasteiger charge is -2.07. The van der Waals surface area contributed by atoms with Gasteiger partial charge < -0.3 is 10.6 Å². The number of thiazole rings is 1. The lowest BCUT2D eigenvalue weighted by molar-refractivity contribution is -0.384. The number of anilines is 2. The fourth-order valence-electron chi connectivity index (χ4n) is 2.77. The molecule has 8 nitrogen and oxygen atoms in total. The highest BCUT2D eigenvalue weighted by molar-refractivity contribution is 8.00. The van der Waals surface area contributed by atoms with E-state index in [1.54, 1.807) is 35.6 Å². The number of hydrogen-bond acceptors (Lipinski definition) is 8. The van der Waals surface area contributed by atoms with Crippen LogP contribution in [0.25, 0.3) is 10.6 Å². The number of rotatable bonds is 8. The van der Waals surface area contributed by atoms with Gasteiger partial charge in [-0.15, -0.1) is 34.4 Å². The number of thiophene rings is 1. The Kier molecular flexibility index (Phi) is 7.13. The van der Waals surface area contributed by atoms with E-state index in [2.05, 4.69) is 15.6 Å². The Bertz CT molecular complexity index is 1290. The number of benzene rings is 2. The summed E-state index contributed by atoms with van der Waals surface area (Å²) < 4.78 is 0. The van der Waals surface area contributed by atoms with Crippen molar-refractivity contribution in [1.29, 1.82) is 0 Å². The van der Waals surface area contributed by atoms with E-state index >= 15 is 0 Å². The van der Waals surface area contributed by atoms with E-state index in [1.807, 2.05) is 22.9 Å². The van der Waals surface area contributed by atoms with Gasteiger partial charge in [-0.1, -0.05) is 12.1 Å². The number of carbonyl (C=O) groups excluding carboxylic acids is 2. The normalized spacial score (nSPS) is 10.5. The average molecular weight is 497 g/mol. The molecular formula is C22H16N4O4S3. The van der Waals surface area contributed by atoms with E-state index < -0.39 is 10.8 Å². The van der Waals surface area contributed by atoms with Crippen LogP contribution < -0.4 is 10.6 Å². The van der Waals surface area contributed by atoms with Crippen molar-refractivity contribution < 1.29 is 14.5 Å². The maximum atomic E-state index is 12.3. The fraction of sp³-hybridized carbons (Fsp3) is 0.0455. The Labute approximate surface area is 200 Å². The highest BCUT2D eigenvalue weighted by atomic mass is 32.2. The SMILES string of the molecule is O=C(CSc1ccc(NC(=O)c2cccc([N+](=O)[O-])c2)cc1)Nc1nc(-c2cccs2)cs1. The summed E-state index contributed by atoms with van der Waals surface area (Å²) >= 11 is 4.34. The van der Waals surface area contributed by atoms with E-state index in [1.165, 1.54) is 47.4 Å². The molecule has 2 heterocycles. The van der Waals surface area contributed by atoms with Crippen LogP contribution in [0, 0.1) is 10.1 Å². The smallest absolute Gasteiger partial charge is 0.270 e. The Morgan fingerprint density at radius 1 is 1.03 bits per heavy atom. The van der Waals surface area contributed by atoms with Crippen molar-refractivity contribution in [2.24, 2.45) is 0 Å². The molecule has 2 aromatic heterocycles. The maximum Gasteiger partial charge on any atom is 0.270 e. The number of carbonyl (C=O) groups is 2. The van der Waals surface area contributed by atoms with Gasteiger partial charge in [-0.2, -0.15) is 0 Å². The van der Waals surface area contributed by atoms with Gasteiger partial charge in [0.15, 0.2) is 5.13 Å². The molecule has 166 valence electrons. The van der Waals surface area contributed by atoms with Gasteiger partial charge in [-0.25, -0.2) is 4.98 Å². The number of nitro benzene ring substituents is 1. The molecule has 4 aromatic rings. The maximum absolute atomic E-state index is 12.3. The molecule has 11 heteroatoms. The Balaban J connectivity index is 1.28. The molecule has 2 aromatic carbocycles. The molecular weight excluding hydrogens is 480 g/mol. The van der Waals surface area contributed by atoms with E-state index in [9.17, 15) is 19.7 Å². The van der Waals surface area contributed by atoms with Crippen LogP contribution >= 0.6 is 34.4 Å². The van der Waals surface area contributed by atoms with Crippen molar-refractivity contribution >= 4 is 62.8 Å². The van der Waals surface area contributed by atoms with Gasteiger partial charge in [-0.05, 0) is 41.8 Å². The van der Waals surface area contributed by atoms with E-state index in [-0.39, 0.29) is 22.9 Å². The van der Waals surface area contributed by atoms with Crippen molar-refractivity contribution in [2.45, 2.75) is 4.90 Å². The van der Waals surface area contributed by atoms with Crippen molar-refractivity contribution in [3.63, 3.8) is 0 Å². The molecule has 0 aliphatic carbocycles. The third kappa shape index (κ3) is 6.04. The second kappa shape index (κ2) is 10.4. The first-order chi connectivity index (χ1) is 16.0. The first-order valence-electron chi connectivity index (χ1n) is 9.56. The molecule has 0 unspecified atom stereocenters. The summed E-state index contributed by atoms with van der Waals surface area (Å²) in [5, 5.41) is 20.8. The summed E-state index contributed by atoms with van der Waals surface area (Å²) in [6.45, 7) is 0. The minimum atomic E-state index is -0.546. The number of nitrogens with one attached hydrogen (secondary N) is 2. The van der Waals surface area contributed by atoms with Gasteiger partial charge >= 0.3 is 0 Å².